The highest BCUT2D eigenvalue weighted by Crippen LogP contribution is 2.18. The van der Waals surface area contributed by atoms with Crippen molar-refractivity contribution in [3.63, 3.8) is 0 Å². The van der Waals surface area contributed by atoms with Gasteiger partial charge in [0.15, 0.2) is 0 Å². The standard InChI is InChI=1S/C15H15BrN2O/c1-17-10-11-5-4-6-12(9-11)18-15(19)13-7-2-3-8-14(13)16/h2-9,17H,10H2,1H3,(H,18,19). The van der Waals surface area contributed by atoms with Gasteiger partial charge in [-0.3, -0.25) is 4.79 Å². The molecule has 4 heteroatoms. The molecule has 0 atom stereocenters. The largest absolute Gasteiger partial charge is 0.322 e. The van der Waals surface area contributed by atoms with Gasteiger partial charge in [0.05, 0.1) is 5.56 Å². The Hall–Kier alpha value is -1.65. The average molecular weight is 319 g/mol. The van der Waals surface area contributed by atoms with Crippen molar-refractivity contribution in [2.75, 3.05) is 12.4 Å². The first kappa shape index (κ1) is 13.8. The summed E-state index contributed by atoms with van der Waals surface area (Å²) in [6, 6.07) is 15.2. The lowest BCUT2D eigenvalue weighted by Crippen LogP contribution is -2.13. The maximum Gasteiger partial charge on any atom is 0.256 e. The van der Waals surface area contributed by atoms with Crippen LogP contribution in [0.3, 0.4) is 0 Å². The Morgan fingerprint density at radius 3 is 2.68 bits per heavy atom. The smallest absolute Gasteiger partial charge is 0.256 e. The molecule has 0 fully saturated rings. The predicted molar refractivity (Wildman–Crippen MR) is 81.3 cm³/mol. The van der Waals surface area contributed by atoms with E-state index >= 15 is 0 Å². The Morgan fingerprint density at radius 1 is 1.16 bits per heavy atom. The zero-order valence-electron chi connectivity index (χ0n) is 10.6. The molecule has 0 saturated carbocycles. The van der Waals surface area contributed by atoms with E-state index in [9.17, 15) is 4.79 Å². The van der Waals surface area contributed by atoms with Crippen molar-refractivity contribution >= 4 is 27.5 Å². The molecule has 2 aromatic carbocycles. The van der Waals surface area contributed by atoms with Crippen LogP contribution >= 0.6 is 15.9 Å². The van der Waals surface area contributed by atoms with Crippen LogP contribution in [0.4, 0.5) is 5.69 Å². The van der Waals surface area contributed by atoms with E-state index in [0.717, 1.165) is 22.3 Å². The van der Waals surface area contributed by atoms with Crippen molar-refractivity contribution in [1.82, 2.24) is 5.32 Å². The summed E-state index contributed by atoms with van der Waals surface area (Å²) in [5.74, 6) is -0.117. The first-order chi connectivity index (χ1) is 9.20. The molecule has 98 valence electrons. The van der Waals surface area contributed by atoms with Crippen LogP contribution in [0, 0.1) is 0 Å². The normalized spacial score (nSPS) is 10.2. The summed E-state index contributed by atoms with van der Waals surface area (Å²) >= 11 is 3.38. The van der Waals surface area contributed by atoms with E-state index in [4.69, 9.17) is 0 Å². The van der Waals surface area contributed by atoms with Crippen molar-refractivity contribution in [3.05, 3.63) is 64.1 Å². The molecular formula is C15H15BrN2O. The van der Waals surface area contributed by atoms with Crippen LogP contribution in [0.5, 0.6) is 0 Å². The summed E-state index contributed by atoms with van der Waals surface area (Å²) in [5.41, 5.74) is 2.56. The second-order valence-corrected chi connectivity index (χ2v) is 5.02. The van der Waals surface area contributed by atoms with Gasteiger partial charge in [0, 0.05) is 16.7 Å². The van der Waals surface area contributed by atoms with Gasteiger partial charge < -0.3 is 10.6 Å². The van der Waals surface area contributed by atoms with Crippen molar-refractivity contribution in [1.29, 1.82) is 0 Å². The van der Waals surface area contributed by atoms with Gasteiger partial charge in [0.1, 0.15) is 0 Å². The van der Waals surface area contributed by atoms with Gasteiger partial charge in [-0.25, -0.2) is 0 Å². The molecule has 0 aromatic heterocycles. The zero-order chi connectivity index (χ0) is 13.7. The highest BCUT2D eigenvalue weighted by Gasteiger charge is 2.09. The van der Waals surface area contributed by atoms with Gasteiger partial charge in [-0.2, -0.15) is 0 Å². The quantitative estimate of drug-likeness (QED) is 0.907. The Bertz CT molecular complexity index is 584. The van der Waals surface area contributed by atoms with Crippen LogP contribution < -0.4 is 10.6 Å². The first-order valence-electron chi connectivity index (χ1n) is 6.00. The van der Waals surface area contributed by atoms with E-state index in [1.807, 2.05) is 49.5 Å². The molecule has 1 amide bonds. The molecule has 2 rings (SSSR count). The molecule has 0 radical (unpaired) electrons. The second kappa shape index (κ2) is 6.50. The lowest BCUT2D eigenvalue weighted by atomic mass is 10.1. The number of hydrogen-bond donors (Lipinski definition) is 2. The van der Waals surface area contributed by atoms with Crippen molar-refractivity contribution in [2.24, 2.45) is 0 Å². The van der Waals surface area contributed by atoms with E-state index in [2.05, 4.69) is 26.6 Å². The summed E-state index contributed by atoms with van der Waals surface area (Å²) in [5, 5.41) is 5.99. The van der Waals surface area contributed by atoms with Gasteiger partial charge in [-0.1, -0.05) is 24.3 Å². The molecule has 0 unspecified atom stereocenters. The fourth-order valence-electron chi connectivity index (χ4n) is 1.81. The number of carbonyl (C=O) groups is 1. The Balaban J connectivity index is 2.15. The number of hydrogen-bond acceptors (Lipinski definition) is 2. The molecule has 0 spiro atoms. The van der Waals surface area contributed by atoms with Crippen molar-refractivity contribution < 1.29 is 4.79 Å². The number of rotatable bonds is 4. The maximum absolute atomic E-state index is 12.1. The molecule has 2 aromatic rings. The lowest BCUT2D eigenvalue weighted by molar-refractivity contribution is 0.102. The number of nitrogens with one attached hydrogen (secondary N) is 2. The molecule has 0 bridgehead atoms. The SMILES string of the molecule is CNCc1cccc(NC(=O)c2ccccc2Br)c1. The highest BCUT2D eigenvalue weighted by molar-refractivity contribution is 9.10. The zero-order valence-corrected chi connectivity index (χ0v) is 12.2. The molecule has 0 saturated heterocycles. The van der Waals surface area contributed by atoms with Crippen LogP contribution in [0.15, 0.2) is 53.0 Å². The van der Waals surface area contributed by atoms with Crippen LogP contribution in [-0.2, 0) is 6.54 Å². The van der Waals surface area contributed by atoms with Crippen LogP contribution in [0.25, 0.3) is 0 Å². The van der Waals surface area contributed by atoms with Gasteiger partial charge in [-0.05, 0) is 52.8 Å². The van der Waals surface area contributed by atoms with Gasteiger partial charge in [0.2, 0.25) is 0 Å². The van der Waals surface area contributed by atoms with Crippen LogP contribution in [0.2, 0.25) is 0 Å². The molecule has 3 nitrogen and oxygen atoms in total. The average Bonchev–Trinajstić information content (AvgIpc) is 2.40. The first-order valence-corrected chi connectivity index (χ1v) is 6.79. The lowest BCUT2D eigenvalue weighted by Gasteiger charge is -2.08. The minimum Gasteiger partial charge on any atom is -0.322 e. The monoisotopic (exact) mass is 318 g/mol. The molecule has 0 aliphatic heterocycles. The highest BCUT2D eigenvalue weighted by atomic mass is 79.9. The van der Waals surface area contributed by atoms with Crippen molar-refractivity contribution in [2.45, 2.75) is 6.54 Å². The molecule has 2 N–H and O–H groups in total. The van der Waals surface area contributed by atoms with Crippen molar-refractivity contribution in [3.8, 4) is 0 Å². The number of carbonyl (C=O) groups excluding carboxylic acids is 1. The van der Waals surface area contributed by atoms with E-state index in [-0.39, 0.29) is 5.91 Å². The molecule has 0 heterocycles. The van der Waals surface area contributed by atoms with E-state index < -0.39 is 0 Å². The third-order valence-electron chi connectivity index (χ3n) is 2.68. The fourth-order valence-corrected chi connectivity index (χ4v) is 2.27. The van der Waals surface area contributed by atoms with E-state index in [1.54, 1.807) is 6.07 Å². The predicted octanol–water partition coefficient (Wildman–Crippen LogP) is 3.42. The summed E-state index contributed by atoms with van der Waals surface area (Å²) in [7, 11) is 1.90. The third-order valence-corrected chi connectivity index (χ3v) is 3.38. The Labute approximate surface area is 121 Å². The van der Waals surface area contributed by atoms with Gasteiger partial charge in [-0.15, -0.1) is 0 Å². The van der Waals surface area contributed by atoms with Gasteiger partial charge in [0.25, 0.3) is 5.91 Å². The molecular weight excluding hydrogens is 304 g/mol. The summed E-state index contributed by atoms with van der Waals surface area (Å²) in [6.45, 7) is 0.777. The minimum absolute atomic E-state index is 0.117. The fraction of sp³-hybridized carbons (Fsp3) is 0.133. The maximum atomic E-state index is 12.1. The van der Waals surface area contributed by atoms with Crippen LogP contribution in [0.1, 0.15) is 15.9 Å². The summed E-state index contributed by atoms with van der Waals surface area (Å²) < 4.78 is 0.791. The van der Waals surface area contributed by atoms with E-state index in [0.29, 0.717) is 5.56 Å². The summed E-state index contributed by atoms with van der Waals surface area (Å²) in [6.07, 6.45) is 0. The minimum atomic E-state index is -0.117. The van der Waals surface area contributed by atoms with E-state index in [1.165, 1.54) is 0 Å². The number of anilines is 1. The third kappa shape index (κ3) is 3.66. The molecule has 0 aliphatic carbocycles. The number of benzene rings is 2. The Kier molecular flexibility index (Phi) is 4.71. The molecule has 19 heavy (non-hydrogen) atoms. The molecule has 0 aliphatic rings. The number of amides is 1. The van der Waals surface area contributed by atoms with Crippen LogP contribution in [-0.4, -0.2) is 13.0 Å². The second-order valence-electron chi connectivity index (χ2n) is 4.16. The Morgan fingerprint density at radius 2 is 1.95 bits per heavy atom. The number of halogens is 1. The van der Waals surface area contributed by atoms with Gasteiger partial charge >= 0.3 is 0 Å². The topological polar surface area (TPSA) is 41.1 Å². The summed E-state index contributed by atoms with van der Waals surface area (Å²) in [4.78, 5) is 12.1.